The molecule has 1 aromatic carbocycles. The van der Waals surface area contributed by atoms with Gasteiger partial charge in [-0.1, -0.05) is 50.3 Å². The van der Waals surface area contributed by atoms with Gasteiger partial charge in [0.15, 0.2) is 0 Å². The molecule has 0 aromatic heterocycles. The van der Waals surface area contributed by atoms with Crippen molar-refractivity contribution in [3.63, 3.8) is 0 Å². The highest BCUT2D eigenvalue weighted by atomic mass is 127. The fraction of sp³-hybridized carbons (Fsp3) is 0.333. The quantitative estimate of drug-likeness (QED) is 0.607. The van der Waals surface area contributed by atoms with Crippen LogP contribution in [0.3, 0.4) is 0 Å². The summed E-state index contributed by atoms with van der Waals surface area (Å²) in [4.78, 5) is 0. The Balaban J connectivity index is 2.24. The van der Waals surface area contributed by atoms with Crippen LogP contribution in [-0.4, -0.2) is 0 Å². The molecule has 2 aliphatic carbocycles. The number of allylic oxidation sites excluding steroid dienone is 4. The van der Waals surface area contributed by atoms with E-state index in [1.54, 1.807) is 5.57 Å². The van der Waals surface area contributed by atoms with Crippen molar-refractivity contribution in [2.45, 2.75) is 25.7 Å². The molecule has 0 nitrogen and oxygen atoms in total. The average Bonchev–Trinajstić information content (AvgIpc) is 2.49. The van der Waals surface area contributed by atoms with Gasteiger partial charge in [0.2, 0.25) is 0 Å². The number of hydrogen-bond acceptors (Lipinski definition) is 0. The standard InChI is InChI=1S/C15H15I/c1-15(2)13-6-4-3-5-11(13)12-8-7-10(16)9-14(12)15/h3-8,14H,9H2,1-2H3. The Kier molecular flexibility index (Phi) is 2.29. The van der Waals surface area contributed by atoms with E-state index in [0.29, 0.717) is 5.92 Å². The maximum absolute atomic E-state index is 2.47. The van der Waals surface area contributed by atoms with Gasteiger partial charge >= 0.3 is 0 Å². The van der Waals surface area contributed by atoms with Crippen LogP contribution in [-0.2, 0) is 5.41 Å². The van der Waals surface area contributed by atoms with Gasteiger partial charge in [0, 0.05) is 0 Å². The van der Waals surface area contributed by atoms with E-state index in [4.69, 9.17) is 0 Å². The van der Waals surface area contributed by atoms with Gasteiger partial charge in [0.25, 0.3) is 0 Å². The van der Waals surface area contributed by atoms with E-state index in [0.717, 1.165) is 0 Å². The molecule has 0 aliphatic heterocycles. The summed E-state index contributed by atoms with van der Waals surface area (Å²) < 4.78 is 1.48. The third kappa shape index (κ3) is 1.33. The second-order valence-corrected chi connectivity index (χ2v) is 6.65. The minimum absolute atomic E-state index is 0.285. The summed E-state index contributed by atoms with van der Waals surface area (Å²) >= 11 is 2.47. The van der Waals surface area contributed by atoms with Crippen LogP contribution < -0.4 is 0 Å². The molecule has 0 N–H and O–H groups in total. The van der Waals surface area contributed by atoms with Crippen LogP contribution in [0.15, 0.2) is 40.0 Å². The summed E-state index contributed by atoms with van der Waals surface area (Å²) in [6.45, 7) is 4.76. The van der Waals surface area contributed by atoms with Gasteiger partial charge in [0.05, 0.1) is 0 Å². The largest absolute Gasteiger partial charge is 0.0619 e. The summed E-state index contributed by atoms with van der Waals surface area (Å²) in [6, 6.07) is 8.88. The maximum atomic E-state index is 2.47. The number of benzene rings is 1. The number of fused-ring (bicyclic) bond motifs is 3. The van der Waals surface area contributed by atoms with Crippen molar-refractivity contribution >= 4 is 28.2 Å². The van der Waals surface area contributed by atoms with Gasteiger partial charge in [-0.3, -0.25) is 0 Å². The van der Waals surface area contributed by atoms with Crippen LogP contribution in [0.4, 0.5) is 0 Å². The summed E-state index contributed by atoms with van der Waals surface area (Å²) in [5.41, 5.74) is 4.82. The molecule has 1 heteroatoms. The Morgan fingerprint density at radius 3 is 2.75 bits per heavy atom. The van der Waals surface area contributed by atoms with E-state index in [2.05, 4.69) is 72.9 Å². The molecule has 0 saturated heterocycles. The van der Waals surface area contributed by atoms with Gasteiger partial charge in [-0.05, 0) is 60.6 Å². The predicted molar refractivity (Wildman–Crippen MR) is 77.7 cm³/mol. The molecular formula is C15H15I. The lowest BCUT2D eigenvalue weighted by atomic mass is 9.75. The zero-order valence-corrected chi connectivity index (χ0v) is 11.8. The van der Waals surface area contributed by atoms with E-state index in [9.17, 15) is 0 Å². The Hall–Kier alpha value is -0.570. The molecular weight excluding hydrogens is 307 g/mol. The highest BCUT2D eigenvalue weighted by molar-refractivity contribution is 14.1. The zero-order valence-electron chi connectivity index (χ0n) is 9.63. The van der Waals surface area contributed by atoms with E-state index < -0.39 is 0 Å². The van der Waals surface area contributed by atoms with Gasteiger partial charge in [0.1, 0.15) is 0 Å². The normalized spacial score (nSPS) is 25.6. The summed E-state index contributed by atoms with van der Waals surface area (Å²) in [6.07, 6.45) is 5.79. The first-order valence-corrected chi connectivity index (χ1v) is 6.84. The van der Waals surface area contributed by atoms with Crippen LogP contribution in [0.2, 0.25) is 0 Å². The van der Waals surface area contributed by atoms with Crippen molar-refractivity contribution in [1.82, 2.24) is 0 Å². The maximum Gasteiger partial charge on any atom is -0.00189 e. The van der Waals surface area contributed by atoms with Crippen molar-refractivity contribution in [2.75, 3.05) is 0 Å². The van der Waals surface area contributed by atoms with E-state index >= 15 is 0 Å². The minimum atomic E-state index is 0.285. The number of halogens is 1. The lowest BCUT2D eigenvalue weighted by Crippen LogP contribution is -2.24. The summed E-state index contributed by atoms with van der Waals surface area (Å²) in [5, 5.41) is 0. The topological polar surface area (TPSA) is 0 Å². The Labute approximate surface area is 111 Å². The molecule has 0 amide bonds. The second kappa shape index (κ2) is 3.46. The van der Waals surface area contributed by atoms with Crippen LogP contribution in [0, 0.1) is 5.92 Å². The third-order valence-corrected chi connectivity index (χ3v) is 4.82. The SMILES string of the molecule is CC1(C)c2ccccc2C2=CC=C(I)CC21. The molecule has 16 heavy (non-hydrogen) atoms. The number of hydrogen-bond donors (Lipinski definition) is 0. The highest BCUT2D eigenvalue weighted by Crippen LogP contribution is 2.54. The fourth-order valence-electron chi connectivity index (χ4n) is 3.08. The monoisotopic (exact) mass is 322 g/mol. The van der Waals surface area contributed by atoms with E-state index in [1.165, 1.54) is 21.1 Å². The molecule has 1 aromatic rings. The number of rotatable bonds is 0. The van der Waals surface area contributed by atoms with Gasteiger partial charge < -0.3 is 0 Å². The first-order valence-electron chi connectivity index (χ1n) is 5.77. The van der Waals surface area contributed by atoms with Crippen molar-refractivity contribution in [3.05, 3.63) is 51.1 Å². The molecule has 3 rings (SSSR count). The molecule has 0 spiro atoms. The molecule has 1 atom stereocenters. The molecule has 2 aliphatic rings. The van der Waals surface area contributed by atoms with Crippen molar-refractivity contribution in [2.24, 2.45) is 5.92 Å². The Bertz CT molecular complexity index is 506. The van der Waals surface area contributed by atoms with E-state index in [1.807, 2.05) is 0 Å². The molecule has 0 radical (unpaired) electrons. The van der Waals surface area contributed by atoms with Crippen molar-refractivity contribution in [1.29, 1.82) is 0 Å². The lowest BCUT2D eigenvalue weighted by Gasteiger charge is -2.30. The van der Waals surface area contributed by atoms with Crippen LogP contribution >= 0.6 is 22.6 Å². The second-order valence-electron chi connectivity index (χ2n) is 5.26. The molecule has 1 unspecified atom stereocenters. The molecule has 0 fully saturated rings. The van der Waals surface area contributed by atoms with Gasteiger partial charge in [-0.25, -0.2) is 0 Å². The van der Waals surface area contributed by atoms with Crippen LogP contribution in [0.5, 0.6) is 0 Å². The Morgan fingerprint density at radius 2 is 1.94 bits per heavy atom. The highest BCUT2D eigenvalue weighted by Gasteiger charge is 2.43. The first-order chi connectivity index (χ1) is 7.60. The molecule has 0 bridgehead atoms. The average molecular weight is 322 g/mol. The lowest BCUT2D eigenvalue weighted by molar-refractivity contribution is 0.414. The first kappa shape index (κ1) is 10.6. The van der Waals surface area contributed by atoms with Crippen molar-refractivity contribution < 1.29 is 0 Å². The zero-order chi connectivity index (χ0) is 11.3. The van der Waals surface area contributed by atoms with Crippen LogP contribution in [0.1, 0.15) is 31.4 Å². The molecule has 0 heterocycles. The van der Waals surface area contributed by atoms with Gasteiger partial charge in [-0.15, -0.1) is 0 Å². The summed E-state index contributed by atoms with van der Waals surface area (Å²) in [5.74, 6) is 0.668. The van der Waals surface area contributed by atoms with E-state index in [-0.39, 0.29) is 5.41 Å². The third-order valence-electron chi connectivity index (χ3n) is 4.02. The molecule has 82 valence electrons. The van der Waals surface area contributed by atoms with Crippen molar-refractivity contribution in [3.8, 4) is 0 Å². The summed E-state index contributed by atoms with van der Waals surface area (Å²) in [7, 11) is 0. The van der Waals surface area contributed by atoms with Crippen LogP contribution in [0.25, 0.3) is 5.57 Å². The Morgan fingerprint density at radius 1 is 1.19 bits per heavy atom. The van der Waals surface area contributed by atoms with Gasteiger partial charge in [-0.2, -0.15) is 0 Å². The smallest absolute Gasteiger partial charge is 0.00189 e. The fourth-order valence-corrected chi connectivity index (χ4v) is 3.70. The molecule has 0 saturated carbocycles. The minimum Gasteiger partial charge on any atom is -0.0619 e. The predicted octanol–water partition coefficient (Wildman–Crippen LogP) is 4.70.